The number of esters is 1. The third-order valence-electron chi connectivity index (χ3n) is 3.37. The first-order valence-electron chi connectivity index (χ1n) is 7.45. The van der Waals surface area contributed by atoms with E-state index in [2.05, 4.69) is 17.0 Å². The summed E-state index contributed by atoms with van der Waals surface area (Å²) in [7, 11) is 1.30. The number of ketones is 1. The van der Waals surface area contributed by atoms with Gasteiger partial charge in [0.05, 0.1) is 19.6 Å². The molecule has 0 fully saturated rings. The van der Waals surface area contributed by atoms with Gasteiger partial charge in [0.15, 0.2) is 5.78 Å². The predicted molar refractivity (Wildman–Crippen MR) is 83.5 cm³/mol. The lowest BCUT2D eigenvalue weighted by Gasteiger charge is -2.17. The van der Waals surface area contributed by atoms with Crippen LogP contribution in [-0.4, -0.2) is 24.8 Å². The molecule has 1 unspecified atom stereocenters. The van der Waals surface area contributed by atoms with Crippen LogP contribution in [-0.2, 0) is 14.3 Å². The van der Waals surface area contributed by atoms with Crippen molar-refractivity contribution in [3.63, 3.8) is 0 Å². The average molecular weight is 305 g/mol. The van der Waals surface area contributed by atoms with Crippen LogP contribution >= 0.6 is 0 Å². The number of carbonyl (C=O) groups excluding carboxylic acids is 3. The maximum Gasteiger partial charge on any atom is 0.305 e. The van der Waals surface area contributed by atoms with Gasteiger partial charge in [-0.05, 0) is 12.0 Å². The molecule has 1 aromatic rings. The highest BCUT2D eigenvalue weighted by Crippen LogP contribution is 2.19. The fourth-order valence-electron chi connectivity index (χ4n) is 2.22. The number of ether oxygens (including phenoxy) is 1. The molecule has 0 saturated carbocycles. The molecule has 1 N–H and O–H groups in total. The van der Waals surface area contributed by atoms with Gasteiger partial charge in [-0.25, -0.2) is 0 Å². The lowest BCUT2D eigenvalue weighted by Crippen LogP contribution is -2.25. The summed E-state index contributed by atoms with van der Waals surface area (Å²) in [4.78, 5) is 34.3. The Morgan fingerprint density at radius 1 is 1.14 bits per heavy atom. The summed E-state index contributed by atoms with van der Waals surface area (Å²) in [6.45, 7) is 3.55. The van der Waals surface area contributed by atoms with Gasteiger partial charge in [0.2, 0.25) is 5.91 Å². The predicted octanol–water partition coefficient (Wildman–Crippen LogP) is 2.80. The van der Waals surface area contributed by atoms with Gasteiger partial charge in [0.1, 0.15) is 0 Å². The molecule has 22 heavy (non-hydrogen) atoms. The van der Waals surface area contributed by atoms with E-state index < -0.39 is 5.97 Å². The Hall–Kier alpha value is -2.17. The molecule has 120 valence electrons. The van der Waals surface area contributed by atoms with E-state index in [4.69, 9.17) is 0 Å². The SMILES string of the molecule is CCCC(NC(C)=O)c1ccc(C(=O)CCC(=O)OC)cc1. The number of methoxy groups -OCH3 is 1. The molecule has 0 bridgehead atoms. The van der Waals surface area contributed by atoms with Gasteiger partial charge in [-0.3, -0.25) is 14.4 Å². The molecule has 1 rings (SSSR count). The Labute approximate surface area is 131 Å². The van der Waals surface area contributed by atoms with Crippen molar-refractivity contribution < 1.29 is 19.1 Å². The van der Waals surface area contributed by atoms with Crippen molar-refractivity contribution in [3.05, 3.63) is 35.4 Å². The van der Waals surface area contributed by atoms with E-state index in [1.807, 2.05) is 12.1 Å². The van der Waals surface area contributed by atoms with E-state index in [9.17, 15) is 14.4 Å². The Bertz CT molecular complexity index is 522. The highest BCUT2D eigenvalue weighted by molar-refractivity contribution is 5.97. The summed E-state index contributed by atoms with van der Waals surface area (Å²) in [6, 6.07) is 7.13. The largest absolute Gasteiger partial charge is 0.469 e. The zero-order valence-electron chi connectivity index (χ0n) is 13.3. The van der Waals surface area contributed by atoms with Crippen molar-refractivity contribution in [1.82, 2.24) is 5.32 Å². The summed E-state index contributed by atoms with van der Waals surface area (Å²) in [6.07, 6.45) is 2.01. The molecule has 0 aliphatic carbocycles. The molecule has 5 heteroatoms. The maximum atomic E-state index is 12.0. The van der Waals surface area contributed by atoms with E-state index in [0.717, 1.165) is 18.4 Å². The number of hydrogen-bond donors (Lipinski definition) is 1. The van der Waals surface area contributed by atoms with E-state index >= 15 is 0 Å². The fraction of sp³-hybridized carbons (Fsp3) is 0.471. The Morgan fingerprint density at radius 3 is 2.27 bits per heavy atom. The van der Waals surface area contributed by atoms with Gasteiger partial charge >= 0.3 is 5.97 Å². The summed E-state index contributed by atoms with van der Waals surface area (Å²) >= 11 is 0. The zero-order valence-corrected chi connectivity index (χ0v) is 13.3. The van der Waals surface area contributed by atoms with E-state index in [0.29, 0.717) is 5.56 Å². The fourth-order valence-corrected chi connectivity index (χ4v) is 2.22. The minimum Gasteiger partial charge on any atom is -0.469 e. The molecule has 1 aromatic carbocycles. The molecule has 5 nitrogen and oxygen atoms in total. The van der Waals surface area contributed by atoms with Gasteiger partial charge in [-0.15, -0.1) is 0 Å². The number of amides is 1. The standard InChI is InChI=1S/C17H23NO4/c1-4-5-15(18-12(2)19)13-6-8-14(9-7-13)16(20)10-11-17(21)22-3/h6-9,15H,4-5,10-11H2,1-3H3,(H,18,19). The third-order valence-corrected chi connectivity index (χ3v) is 3.37. The highest BCUT2D eigenvalue weighted by atomic mass is 16.5. The van der Waals surface area contributed by atoms with Crippen LogP contribution in [0.15, 0.2) is 24.3 Å². The van der Waals surface area contributed by atoms with Crippen LogP contribution < -0.4 is 5.32 Å². The third kappa shape index (κ3) is 5.68. The first-order chi connectivity index (χ1) is 10.5. The van der Waals surface area contributed by atoms with E-state index in [1.165, 1.54) is 14.0 Å². The second-order valence-corrected chi connectivity index (χ2v) is 5.16. The maximum absolute atomic E-state index is 12.0. The normalized spacial score (nSPS) is 11.6. The average Bonchev–Trinajstić information content (AvgIpc) is 2.51. The summed E-state index contributed by atoms with van der Waals surface area (Å²) in [5.74, 6) is -0.557. The van der Waals surface area contributed by atoms with Crippen LogP contribution in [0.5, 0.6) is 0 Å². The molecule has 1 amide bonds. The van der Waals surface area contributed by atoms with Crippen LogP contribution in [0.2, 0.25) is 0 Å². The van der Waals surface area contributed by atoms with Crippen molar-refractivity contribution in [2.75, 3.05) is 7.11 Å². The summed E-state index contributed by atoms with van der Waals surface area (Å²) < 4.78 is 4.52. The Morgan fingerprint density at radius 2 is 1.77 bits per heavy atom. The van der Waals surface area contributed by atoms with Crippen molar-refractivity contribution in [1.29, 1.82) is 0 Å². The van der Waals surface area contributed by atoms with Gasteiger partial charge in [0.25, 0.3) is 0 Å². The monoisotopic (exact) mass is 305 g/mol. The van der Waals surface area contributed by atoms with E-state index in [1.54, 1.807) is 12.1 Å². The molecular weight excluding hydrogens is 282 g/mol. The molecule has 0 spiro atoms. The van der Waals surface area contributed by atoms with Gasteiger partial charge < -0.3 is 10.1 Å². The topological polar surface area (TPSA) is 72.5 Å². The minimum atomic E-state index is -0.390. The number of rotatable bonds is 8. The quantitative estimate of drug-likeness (QED) is 0.592. The summed E-state index contributed by atoms with van der Waals surface area (Å²) in [5.41, 5.74) is 1.53. The number of nitrogens with one attached hydrogen (secondary N) is 1. The van der Waals surface area contributed by atoms with Gasteiger partial charge in [-0.2, -0.15) is 0 Å². The van der Waals surface area contributed by atoms with Crippen molar-refractivity contribution in [2.45, 2.75) is 45.6 Å². The van der Waals surface area contributed by atoms with Crippen molar-refractivity contribution in [3.8, 4) is 0 Å². The molecule has 1 atom stereocenters. The highest BCUT2D eigenvalue weighted by Gasteiger charge is 2.13. The van der Waals surface area contributed by atoms with Crippen LogP contribution in [0.3, 0.4) is 0 Å². The van der Waals surface area contributed by atoms with Gasteiger partial charge in [0, 0.05) is 18.9 Å². The number of hydrogen-bond acceptors (Lipinski definition) is 4. The first-order valence-corrected chi connectivity index (χ1v) is 7.45. The van der Waals surface area contributed by atoms with Crippen LogP contribution in [0.25, 0.3) is 0 Å². The van der Waals surface area contributed by atoms with E-state index in [-0.39, 0.29) is 30.6 Å². The lowest BCUT2D eigenvalue weighted by atomic mass is 9.98. The van der Waals surface area contributed by atoms with Crippen LogP contribution in [0.1, 0.15) is 61.5 Å². The number of carbonyl (C=O) groups is 3. The molecular formula is C17H23NO4. The molecule has 0 saturated heterocycles. The zero-order chi connectivity index (χ0) is 16.5. The Balaban J connectivity index is 2.73. The van der Waals surface area contributed by atoms with Crippen molar-refractivity contribution in [2.24, 2.45) is 0 Å². The minimum absolute atomic E-state index is 0.0401. The molecule has 0 heterocycles. The van der Waals surface area contributed by atoms with Crippen LogP contribution in [0, 0.1) is 0 Å². The van der Waals surface area contributed by atoms with Crippen LogP contribution in [0.4, 0.5) is 0 Å². The molecule has 0 radical (unpaired) electrons. The number of benzene rings is 1. The number of Topliss-reactive ketones (excluding diaryl/α,β-unsaturated/α-hetero) is 1. The smallest absolute Gasteiger partial charge is 0.305 e. The Kier molecular flexibility index (Phi) is 7.29. The van der Waals surface area contributed by atoms with Gasteiger partial charge in [-0.1, -0.05) is 37.6 Å². The molecule has 0 aromatic heterocycles. The second-order valence-electron chi connectivity index (χ2n) is 5.16. The lowest BCUT2D eigenvalue weighted by molar-refractivity contribution is -0.140. The molecule has 0 aliphatic heterocycles. The first kappa shape index (κ1) is 17.9. The molecule has 0 aliphatic rings. The second kappa shape index (κ2) is 8.97. The van der Waals surface area contributed by atoms with Crippen molar-refractivity contribution >= 4 is 17.7 Å². The summed E-state index contributed by atoms with van der Waals surface area (Å²) in [5, 5.41) is 2.91.